The molecule has 6 nitrogen and oxygen atoms in total. The summed E-state index contributed by atoms with van der Waals surface area (Å²) in [7, 11) is 3.49. The molecule has 0 atom stereocenters. The number of nitrogens with zero attached hydrogens (tertiary/aromatic N) is 3. The molecule has 3 rings (SSSR count). The summed E-state index contributed by atoms with van der Waals surface area (Å²) in [5.74, 6) is 1.58. The zero-order valence-corrected chi connectivity index (χ0v) is 16.5. The lowest BCUT2D eigenvalue weighted by Crippen LogP contribution is -2.24. The van der Waals surface area contributed by atoms with E-state index in [4.69, 9.17) is 16.3 Å². The minimum atomic E-state index is -0.0817. The van der Waals surface area contributed by atoms with Crippen molar-refractivity contribution in [1.29, 1.82) is 0 Å². The van der Waals surface area contributed by atoms with Crippen LogP contribution in [0.2, 0.25) is 5.02 Å². The number of amides is 1. The number of ether oxygens (including phenoxy) is 1. The van der Waals surface area contributed by atoms with E-state index in [9.17, 15) is 4.79 Å². The van der Waals surface area contributed by atoms with Crippen LogP contribution in [0.1, 0.15) is 5.56 Å². The third-order valence-electron chi connectivity index (χ3n) is 3.89. The summed E-state index contributed by atoms with van der Waals surface area (Å²) in [6.07, 6.45) is 0. The molecule has 1 aromatic heterocycles. The molecular formula is C19H19ClN4O2S. The van der Waals surface area contributed by atoms with Gasteiger partial charge < -0.3 is 14.6 Å². The first-order valence-corrected chi connectivity index (χ1v) is 9.61. The normalized spacial score (nSPS) is 10.6. The Kier molecular flexibility index (Phi) is 6.36. The smallest absolute Gasteiger partial charge is 0.230 e. The van der Waals surface area contributed by atoms with E-state index in [2.05, 4.69) is 15.5 Å². The van der Waals surface area contributed by atoms with Gasteiger partial charge in [-0.3, -0.25) is 4.79 Å². The van der Waals surface area contributed by atoms with Crippen LogP contribution in [0, 0.1) is 0 Å². The zero-order valence-electron chi connectivity index (χ0n) is 15.0. The summed E-state index contributed by atoms with van der Waals surface area (Å²) in [6.45, 7) is 0.436. The molecule has 1 amide bonds. The average Bonchev–Trinajstić information content (AvgIpc) is 3.05. The fourth-order valence-corrected chi connectivity index (χ4v) is 3.49. The molecule has 0 aliphatic rings. The molecule has 1 N–H and O–H groups in total. The van der Waals surface area contributed by atoms with E-state index in [1.54, 1.807) is 13.2 Å². The van der Waals surface area contributed by atoms with Crippen LogP contribution in [-0.2, 0) is 18.4 Å². The van der Waals surface area contributed by atoms with Gasteiger partial charge in [0, 0.05) is 18.6 Å². The second-order valence-electron chi connectivity index (χ2n) is 5.76. The highest BCUT2D eigenvalue weighted by Gasteiger charge is 2.15. The van der Waals surface area contributed by atoms with Crippen LogP contribution in [0.25, 0.3) is 11.4 Å². The molecule has 8 heteroatoms. The van der Waals surface area contributed by atoms with Crippen molar-refractivity contribution < 1.29 is 9.53 Å². The van der Waals surface area contributed by atoms with Gasteiger partial charge in [-0.2, -0.15) is 0 Å². The van der Waals surface area contributed by atoms with Gasteiger partial charge in [0.05, 0.1) is 18.4 Å². The van der Waals surface area contributed by atoms with E-state index in [-0.39, 0.29) is 11.7 Å². The number of carbonyl (C=O) groups is 1. The summed E-state index contributed by atoms with van der Waals surface area (Å²) in [5.41, 5.74) is 1.81. The van der Waals surface area contributed by atoms with Gasteiger partial charge in [0.1, 0.15) is 5.75 Å². The minimum Gasteiger partial charge on any atom is -0.496 e. The van der Waals surface area contributed by atoms with E-state index < -0.39 is 0 Å². The number of nitrogens with one attached hydrogen (secondary N) is 1. The largest absolute Gasteiger partial charge is 0.496 e. The topological polar surface area (TPSA) is 69.0 Å². The molecule has 0 saturated heterocycles. The summed E-state index contributed by atoms with van der Waals surface area (Å²) in [4.78, 5) is 12.1. The second-order valence-corrected chi connectivity index (χ2v) is 7.14. The Morgan fingerprint density at radius 2 is 2.04 bits per heavy atom. The molecular weight excluding hydrogens is 384 g/mol. The lowest BCUT2D eigenvalue weighted by Gasteiger charge is -2.08. The van der Waals surface area contributed by atoms with Crippen molar-refractivity contribution in [3.63, 3.8) is 0 Å². The number of carbonyl (C=O) groups excluding carboxylic acids is 1. The predicted molar refractivity (Wildman–Crippen MR) is 107 cm³/mol. The van der Waals surface area contributed by atoms with Crippen LogP contribution in [0.5, 0.6) is 5.75 Å². The summed E-state index contributed by atoms with van der Waals surface area (Å²) in [5, 5.41) is 12.6. The van der Waals surface area contributed by atoms with Crippen LogP contribution in [0.4, 0.5) is 0 Å². The summed E-state index contributed by atoms with van der Waals surface area (Å²) >= 11 is 7.28. The van der Waals surface area contributed by atoms with E-state index in [0.29, 0.717) is 22.5 Å². The van der Waals surface area contributed by atoms with Gasteiger partial charge in [-0.05, 0) is 29.8 Å². The van der Waals surface area contributed by atoms with E-state index in [1.807, 2.05) is 54.1 Å². The van der Waals surface area contributed by atoms with Gasteiger partial charge in [0.25, 0.3) is 0 Å². The number of halogens is 1. The molecule has 1 heterocycles. The van der Waals surface area contributed by atoms with Gasteiger partial charge in [-0.15, -0.1) is 10.2 Å². The van der Waals surface area contributed by atoms with Crippen molar-refractivity contribution in [2.45, 2.75) is 11.7 Å². The maximum atomic E-state index is 12.1. The fourth-order valence-electron chi connectivity index (χ4n) is 2.53. The molecule has 3 aromatic rings. The average molecular weight is 403 g/mol. The number of methoxy groups -OCH3 is 1. The molecule has 0 spiro atoms. The lowest BCUT2D eigenvalue weighted by molar-refractivity contribution is -0.118. The van der Waals surface area contributed by atoms with Gasteiger partial charge in [0.15, 0.2) is 11.0 Å². The molecule has 0 saturated carbocycles. The second kappa shape index (κ2) is 8.92. The molecule has 0 bridgehead atoms. The van der Waals surface area contributed by atoms with Crippen molar-refractivity contribution >= 4 is 29.3 Å². The predicted octanol–water partition coefficient (Wildman–Crippen LogP) is 3.55. The highest BCUT2D eigenvalue weighted by molar-refractivity contribution is 7.99. The Labute approximate surface area is 166 Å². The number of rotatable bonds is 7. The zero-order chi connectivity index (χ0) is 19.2. The van der Waals surface area contributed by atoms with Crippen molar-refractivity contribution in [3.05, 3.63) is 59.1 Å². The van der Waals surface area contributed by atoms with E-state index in [1.165, 1.54) is 11.8 Å². The molecule has 0 radical (unpaired) electrons. The van der Waals surface area contributed by atoms with Crippen LogP contribution < -0.4 is 10.1 Å². The fraction of sp³-hybridized carbons (Fsp3) is 0.211. The Bertz CT molecular complexity index is 945. The van der Waals surface area contributed by atoms with Gasteiger partial charge in [0.2, 0.25) is 5.91 Å². The van der Waals surface area contributed by atoms with E-state index in [0.717, 1.165) is 16.9 Å². The molecule has 0 fully saturated rings. The number of para-hydroxylation sites is 1. The number of thioether (sulfide) groups is 1. The molecule has 2 aromatic carbocycles. The van der Waals surface area contributed by atoms with Crippen molar-refractivity contribution in [2.75, 3.05) is 12.9 Å². The first-order valence-electron chi connectivity index (χ1n) is 8.25. The standard InChI is InChI=1S/C19H19ClN4O2S/c1-24-18(15-8-3-4-9-16(15)26-2)22-23-19(24)27-12-17(25)21-11-13-6-5-7-14(20)10-13/h3-10H,11-12H2,1-2H3,(H,21,25). The molecule has 27 heavy (non-hydrogen) atoms. The first kappa shape index (κ1) is 19.3. The lowest BCUT2D eigenvalue weighted by atomic mass is 10.2. The molecule has 0 aliphatic carbocycles. The Morgan fingerprint density at radius 3 is 2.81 bits per heavy atom. The van der Waals surface area contributed by atoms with Crippen LogP contribution in [-0.4, -0.2) is 33.5 Å². The number of benzene rings is 2. The summed E-state index contributed by atoms with van der Waals surface area (Å²) in [6, 6.07) is 15.0. The van der Waals surface area contributed by atoms with Crippen molar-refractivity contribution in [3.8, 4) is 17.1 Å². The third kappa shape index (κ3) is 4.81. The van der Waals surface area contributed by atoms with Crippen molar-refractivity contribution in [1.82, 2.24) is 20.1 Å². The maximum absolute atomic E-state index is 12.1. The third-order valence-corrected chi connectivity index (χ3v) is 5.15. The Hall–Kier alpha value is -2.51. The van der Waals surface area contributed by atoms with Gasteiger partial charge in [-0.1, -0.05) is 47.6 Å². The SMILES string of the molecule is COc1ccccc1-c1nnc(SCC(=O)NCc2cccc(Cl)c2)n1C. The minimum absolute atomic E-state index is 0.0817. The van der Waals surface area contributed by atoms with Crippen LogP contribution in [0.3, 0.4) is 0 Å². The highest BCUT2D eigenvalue weighted by Crippen LogP contribution is 2.29. The number of aromatic nitrogens is 3. The molecule has 0 aliphatic heterocycles. The summed E-state index contributed by atoms with van der Waals surface area (Å²) < 4.78 is 7.24. The van der Waals surface area contributed by atoms with Crippen molar-refractivity contribution in [2.24, 2.45) is 7.05 Å². The monoisotopic (exact) mass is 402 g/mol. The Balaban J connectivity index is 1.60. The quantitative estimate of drug-likeness (QED) is 0.612. The number of hydrogen-bond acceptors (Lipinski definition) is 5. The highest BCUT2D eigenvalue weighted by atomic mass is 35.5. The molecule has 0 unspecified atom stereocenters. The van der Waals surface area contributed by atoms with Gasteiger partial charge >= 0.3 is 0 Å². The maximum Gasteiger partial charge on any atom is 0.230 e. The van der Waals surface area contributed by atoms with Gasteiger partial charge in [-0.25, -0.2) is 0 Å². The molecule has 140 valence electrons. The van der Waals surface area contributed by atoms with Crippen LogP contribution in [0.15, 0.2) is 53.7 Å². The number of hydrogen-bond donors (Lipinski definition) is 1. The van der Waals surface area contributed by atoms with Crippen LogP contribution >= 0.6 is 23.4 Å². The van der Waals surface area contributed by atoms with E-state index >= 15 is 0 Å². The first-order chi connectivity index (χ1) is 13.1. The Morgan fingerprint density at radius 1 is 1.22 bits per heavy atom.